The second-order valence-electron chi connectivity index (χ2n) is 3.62. The zero-order valence-corrected chi connectivity index (χ0v) is 9.31. The van der Waals surface area contributed by atoms with E-state index in [2.05, 4.69) is 5.32 Å². The van der Waals surface area contributed by atoms with Crippen molar-refractivity contribution >= 4 is 23.7 Å². The van der Waals surface area contributed by atoms with Gasteiger partial charge in [-0.2, -0.15) is 0 Å². The lowest BCUT2D eigenvalue weighted by atomic mass is 10.3. The number of thiophene rings is 1. The van der Waals surface area contributed by atoms with Gasteiger partial charge < -0.3 is 15.3 Å². The van der Waals surface area contributed by atoms with Gasteiger partial charge in [0, 0.05) is 13.0 Å². The van der Waals surface area contributed by atoms with Gasteiger partial charge in [-0.1, -0.05) is 6.07 Å². The molecule has 0 radical (unpaired) electrons. The molecular formula is C10H12N2O3S. The number of likely N-dealkylation sites (tertiary alicyclic amines) is 1. The van der Waals surface area contributed by atoms with Crippen LogP contribution in [-0.4, -0.2) is 41.1 Å². The van der Waals surface area contributed by atoms with E-state index in [4.69, 9.17) is 0 Å². The number of carbonyl (C=O) groups excluding carboxylic acids is 2. The van der Waals surface area contributed by atoms with Gasteiger partial charge in [0.15, 0.2) is 0 Å². The van der Waals surface area contributed by atoms with Gasteiger partial charge in [-0.25, -0.2) is 0 Å². The Kier molecular flexibility index (Phi) is 3.21. The largest absolute Gasteiger partial charge is 0.391 e. The Morgan fingerprint density at radius 1 is 1.69 bits per heavy atom. The average molecular weight is 240 g/mol. The van der Waals surface area contributed by atoms with Gasteiger partial charge in [0.05, 0.1) is 11.0 Å². The van der Waals surface area contributed by atoms with Crippen LogP contribution in [0.4, 0.5) is 0 Å². The van der Waals surface area contributed by atoms with E-state index in [1.54, 1.807) is 12.1 Å². The van der Waals surface area contributed by atoms with Crippen molar-refractivity contribution in [2.75, 3.05) is 6.54 Å². The van der Waals surface area contributed by atoms with Crippen molar-refractivity contribution in [1.82, 2.24) is 10.2 Å². The number of aliphatic hydroxyl groups is 1. The molecular weight excluding hydrogens is 228 g/mol. The molecule has 6 heteroatoms. The van der Waals surface area contributed by atoms with Gasteiger partial charge in [0.25, 0.3) is 5.91 Å². The number of aliphatic hydroxyl groups excluding tert-OH is 1. The van der Waals surface area contributed by atoms with E-state index in [0.29, 0.717) is 17.7 Å². The third-order valence-electron chi connectivity index (χ3n) is 2.53. The SMILES string of the molecule is O=CNC1CC(O)CN1C(=O)c1cccs1. The fraction of sp³-hybridized carbons (Fsp3) is 0.400. The molecule has 1 aliphatic heterocycles. The third-order valence-corrected chi connectivity index (χ3v) is 3.39. The second-order valence-corrected chi connectivity index (χ2v) is 4.57. The van der Waals surface area contributed by atoms with Gasteiger partial charge in [-0.3, -0.25) is 9.59 Å². The van der Waals surface area contributed by atoms with Crippen molar-refractivity contribution < 1.29 is 14.7 Å². The van der Waals surface area contributed by atoms with E-state index in [1.165, 1.54) is 16.2 Å². The minimum atomic E-state index is -0.568. The molecule has 2 atom stereocenters. The molecule has 2 rings (SSSR count). The van der Waals surface area contributed by atoms with Gasteiger partial charge in [-0.15, -0.1) is 11.3 Å². The van der Waals surface area contributed by atoms with E-state index < -0.39 is 12.3 Å². The molecule has 0 saturated carbocycles. The summed E-state index contributed by atoms with van der Waals surface area (Å²) in [6.07, 6.45) is -0.0313. The second kappa shape index (κ2) is 4.63. The van der Waals surface area contributed by atoms with E-state index in [9.17, 15) is 14.7 Å². The Labute approximate surface area is 96.7 Å². The molecule has 2 unspecified atom stereocenters. The van der Waals surface area contributed by atoms with Crippen LogP contribution in [0.3, 0.4) is 0 Å². The van der Waals surface area contributed by atoms with Crippen molar-refractivity contribution in [3.63, 3.8) is 0 Å². The number of nitrogens with zero attached hydrogens (tertiary/aromatic N) is 1. The Bertz CT molecular complexity index is 379. The predicted octanol–water partition coefficient (Wildman–Crippen LogP) is 0.0270. The maximum absolute atomic E-state index is 12.0. The number of rotatable bonds is 3. The van der Waals surface area contributed by atoms with Crippen LogP contribution in [0.25, 0.3) is 0 Å². The Hall–Kier alpha value is -1.40. The van der Waals surface area contributed by atoms with Gasteiger partial charge in [0.1, 0.15) is 6.17 Å². The number of carbonyl (C=O) groups is 2. The van der Waals surface area contributed by atoms with E-state index in [0.717, 1.165) is 0 Å². The summed E-state index contributed by atoms with van der Waals surface area (Å²) in [5.74, 6) is -0.147. The Morgan fingerprint density at radius 3 is 3.12 bits per heavy atom. The lowest BCUT2D eigenvalue weighted by Gasteiger charge is -2.22. The molecule has 2 amide bonds. The minimum Gasteiger partial charge on any atom is -0.391 e. The Balaban J connectivity index is 2.13. The van der Waals surface area contributed by atoms with Crippen LogP contribution in [-0.2, 0) is 4.79 Å². The first-order chi connectivity index (χ1) is 7.72. The summed E-state index contributed by atoms with van der Waals surface area (Å²) in [6, 6.07) is 3.53. The fourth-order valence-electron chi connectivity index (χ4n) is 1.82. The summed E-state index contributed by atoms with van der Waals surface area (Å²) in [7, 11) is 0. The van der Waals surface area contributed by atoms with Crippen molar-refractivity contribution in [3.05, 3.63) is 22.4 Å². The molecule has 5 nitrogen and oxygen atoms in total. The van der Waals surface area contributed by atoms with Gasteiger partial charge in [-0.05, 0) is 11.4 Å². The quantitative estimate of drug-likeness (QED) is 0.732. The molecule has 1 fully saturated rings. The van der Waals surface area contributed by atoms with Gasteiger partial charge >= 0.3 is 0 Å². The smallest absolute Gasteiger partial charge is 0.265 e. The summed E-state index contributed by atoms with van der Waals surface area (Å²) in [5.41, 5.74) is 0. The normalized spacial score (nSPS) is 24.4. The fourth-order valence-corrected chi connectivity index (χ4v) is 2.50. The van der Waals surface area contributed by atoms with Crippen LogP contribution >= 0.6 is 11.3 Å². The maximum atomic E-state index is 12.0. The van der Waals surface area contributed by atoms with E-state index in [1.807, 2.05) is 5.38 Å². The molecule has 16 heavy (non-hydrogen) atoms. The summed E-state index contributed by atoms with van der Waals surface area (Å²) >= 11 is 1.35. The molecule has 1 aliphatic rings. The molecule has 0 spiro atoms. The summed E-state index contributed by atoms with van der Waals surface area (Å²) in [6.45, 7) is 0.266. The highest BCUT2D eigenvalue weighted by atomic mass is 32.1. The van der Waals surface area contributed by atoms with Crippen molar-refractivity contribution in [3.8, 4) is 0 Å². The summed E-state index contributed by atoms with van der Waals surface area (Å²) < 4.78 is 0. The molecule has 0 bridgehead atoms. The maximum Gasteiger partial charge on any atom is 0.265 e. The van der Waals surface area contributed by atoms with E-state index >= 15 is 0 Å². The first-order valence-electron chi connectivity index (χ1n) is 4.94. The zero-order chi connectivity index (χ0) is 11.5. The van der Waals surface area contributed by atoms with Crippen LogP contribution in [0.15, 0.2) is 17.5 Å². The number of hydrogen-bond acceptors (Lipinski definition) is 4. The summed E-state index contributed by atoms with van der Waals surface area (Å²) in [5, 5.41) is 13.9. The molecule has 1 aromatic rings. The molecule has 0 aromatic carbocycles. The van der Waals surface area contributed by atoms with Crippen molar-refractivity contribution in [2.24, 2.45) is 0 Å². The molecule has 86 valence electrons. The van der Waals surface area contributed by atoms with Crippen molar-refractivity contribution in [2.45, 2.75) is 18.7 Å². The average Bonchev–Trinajstić information content (AvgIpc) is 2.87. The standard InChI is InChI=1S/C10H12N2O3S/c13-6-11-9-4-7(14)5-12(9)10(15)8-2-1-3-16-8/h1-3,6-7,9,14H,4-5H2,(H,11,13). The first kappa shape index (κ1) is 11.1. The topological polar surface area (TPSA) is 69.6 Å². The number of nitrogens with one attached hydrogen (secondary N) is 1. The first-order valence-corrected chi connectivity index (χ1v) is 5.82. The lowest BCUT2D eigenvalue weighted by molar-refractivity contribution is -0.110. The predicted molar refractivity (Wildman–Crippen MR) is 59.0 cm³/mol. The molecule has 2 N–H and O–H groups in total. The highest BCUT2D eigenvalue weighted by molar-refractivity contribution is 7.12. The van der Waals surface area contributed by atoms with Crippen LogP contribution in [0.1, 0.15) is 16.1 Å². The number of amides is 2. The van der Waals surface area contributed by atoms with Crippen LogP contribution in [0, 0.1) is 0 Å². The minimum absolute atomic E-state index is 0.147. The number of hydrogen-bond donors (Lipinski definition) is 2. The van der Waals surface area contributed by atoms with Gasteiger partial charge in [0.2, 0.25) is 6.41 Å². The highest BCUT2D eigenvalue weighted by Gasteiger charge is 2.34. The zero-order valence-electron chi connectivity index (χ0n) is 8.50. The summed E-state index contributed by atoms with van der Waals surface area (Å²) in [4.78, 5) is 24.5. The molecule has 0 aliphatic carbocycles. The van der Waals surface area contributed by atoms with Crippen LogP contribution < -0.4 is 5.32 Å². The molecule has 1 saturated heterocycles. The lowest BCUT2D eigenvalue weighted by Crippen LogP contribution is -2.43. The van der Waals surface area contributed by atoms with Crippen LogP contribution in [0.2, 0.25) is 0 Å². The molecule has 2 heterocycles. The Morgan fingerprint density at radius 2 is 2.50 bits per heavy atom. The third kappa shape index (κ3) is 2.07. The monoisotopic (exact) mass is 240 g/mol. The van der Waals surface area contributed by atoms with E-state index in [-0.39, 0.29) is 12.5 Å². The van der Waals surface area contributed by atoms with Crippen LogP contribution in [0.5, 0.6) is 0 Å². The van der Waals surface area contributed by atoms with Crippen molar-refractivity contribution in [1.29, 1.82) is 0 Å². The highest BCUT2D eigenvalue weighted by Crippen LogP contribution is 2.20. The molecule has 1 aromatic heterocycles. The number of β-amino-alcohol motifs (C(OH)–C–C–N with tert-alkyl or cyclic N) is 1.